The zero-order valence-electron chi connectivity index (χ0n) is 9.61. The van der Waals surface area contributed by atoms with Gasteiger partial charge in [0.1, 0.15) is 5.82 Å². The van der Waals surface area contributed by atoms with E-state index < -0.39 is 0 Å². The van der Waals surface area contributed by atoms with Crippen molar-refractivity contribution in [3.05, 3.63) is 64.7 Å². The van der Waals surface area contributed by atoms with Crippen molar-refractivity contribution >= 4 is 11.6 Å². The summed E-state index contributed by atoms with van der Waals surface area (Å²) < 4.78 is 13.6. The first-order valence-corrected chi connectivity index (χ1v) is 5.89. The quantitative estimate of drug-likeness (QED) is 0.660. The van der Waals surface area contributed by atoms with Gasteiger partial charge < -0.3 is 0 Å². The average Bonchev–Trinajstić information content (AvgIpc) is 2.39. The van der Waals surface area contributed by atoms with Gasteiger partial charge in [-0.3, -0.25) is 16.3 Å². The van der Waals surface area contributed by atoms with Gasteiger partial charge in [0.15, 0.2) is 0 Å². The maximum absolute atomic E-state index is 13.6. The lowest BCUT2D eigenvalue weighted by molar-refractivity contribution is 0.529. The molecular weight excluding hydrogens is 253 g/mol. The Balaban J connectivity index is 2.26. The number of nitrogens with one attached hydrogen (secondary N) is 1. The molecular formula is C13H13ClFN3. The molecule has 0 saturated heterocycles. The maximum Gasteiger partial charge on any atom is 0.126 e. The highest BCUT2D eigenvalue weighted by atomic mass is 35.5. The van der Waals surface area contributed by atoms with Gasteiger partial charge in [0.25, 0.3) is 0 Å². The summed E-state index contributed by atoms with van der Waals surface area (Å²) in [7, 11) is 0. The summed E-state index contributed by atoms with van der Waals surface area (Å²) in [5, 5.41) is 0.511. The summed E-state index contributed by atoms with van der Waals surface area (Å²) in [5.74, 6) is 5.27. The van der Waals surface area contributed by atoms with E-state index in [2.05, 4.69) is 10.4 Å². The Kier molecular flexibility index (Phi) is 4.25. The van der Waals surface area contributed by atoms with Crippen LogP contribution in [-0.4, -0.2) is 4.98 Å². The van der Waals surface area contributed by atoms with Crippen molar-refractivity contribution in [2.75, 3.05) is 0 Å². The first-order valence-electron chi connectivity index (χ1n) is 5.51. The molecule has 0 amide bonds. The van der Waals surface area contributed by atoms with Crippen molar-refractivity contribution in [3.63, 3.8) is 0 Å². The van der Waals surface area contributed by atoms with E-state index in [-0.39, 0.29) is 11.9 Å². The van der Waals surface area contributed by atoms with E-state index in [1.54, 1.807) is 36.7 Å². The molecule has 1 heterocycles. The molecule has 1 aromatic carbocycles. The van der Waals surface area contributed by atoms with E-state index in [1.807, 2.05) is 0 Å². The van der Waals surface area contributed by atoms with Gasteiger partial charge in [-0.05, 0) is 29.7 Å². The van der Waals surface area contributed by atoms with Crippen molar-refractivity contribution in [2.45, 2.75) is 12.5 Å². The third kappa shape index (κ3) is 2.85. The van der Waals surface area contributed by atoms with Gasteiger partial charge in [-0.2, -0.15) is 0 Å². The second kappa shape index (κ2) is 5.91. The molecule has 0 aliphatic carbocycles. The number of nitrogens with two attached hydrogens (primary N) is 1. The minimum Gasteiger partial charge on any atom is -0.271 e. The Morgan fingerprint density at radius 1 is 1.33 bits per heavy atom. The molecule has 18 heavy (non-hydrogen) atoms. The van der Waals surface area contributed by atoms with Crippen LogP contribution >= 0.6 is 11.6 Å². The number of aromatic nitrogens is 1. The van der Waals surface area contributed by atoms with E-state index in [0.29, 0.717) is 17.0 Å². The number of pyridine rings is 1. The normalized spacial score (nSPS) is 12.4. The lowest BCUT2D eigenvalue weighted by Gasteiger charge is -2.17. The Hall–Kier alpha value is -1.49. The maximum atomic E-state index is 13.6. The van der Waals surface area contributed by atoms with E-state index in [0.717, 1.165) is 5.56 Å². The minimum absolute atomic E-state index is 0.247. The second-order valence-electron chi connectivity index (χ2n) is 3.91. The SMILES string of the molecule is NNC(Cc1ccccc1F)c1ccncc1Cl. The fraction of sp³-hybridized carbons (Fsp3) is 0.154. The number of rotatable bonds is 4. The first kappa shape index (κ1) is 13.0. The van der Waals surface area contributed by atoms with Crippen LogP contribution in [0.1, 0.15) is 17.2 Å². The molecule has 1 unspecified atom stereocenters. The van der Waals surface area contributed by atoms with Crippen LogP contribution in [-0.2, 0) is 6.42 Å². The number of hydrogen-bond donors (Lipinski definition) is 2. The molecule has 0 bridgehead atoms. The molecule has 1 aromatic heterocycles. The molecule has 3 nitrogen and oxygen atoms in total. The van der Waals surface area contributed by atoms with Crippen LogP contribution < -0.4 is 11.3 Å². The monoisotopic (exact) mass is 265 g/mol. The second-order valence-corrected chi connectivity index (χ2v) is 4.32. The molecule has 94 valence electrons. The van der Waals surface area contributed by atoms with Crippen molar-refractivity contribution < 1.29 is 4.39 Å². The Morgan fingerprint density at radius 2 is 2.11 bits per heavy atom. The van der Waals surface area contributed by atoms with Gasteiger partial charge in [0.05, 0.1) is 11.1 Å². The molecule has 2 rings (SSSR count). The molecule has 0 spiro atoms. The average molecular weight is 266 g/mol. The van der Waals surface area contributed by atoms with Gasteiger partial charge in [0, 0.05) is 12.4 Å². The Bertz CT molecular complexity index is 533. The van der Waals surface area contributed by atoms with Crippen LogP contribution in [0.2, 0.25) is 5.02 Å². The highest BCUT2D eigenvalue weighted by molar-refractivity contribution is 6.31. The fourth-order valence-corrected chi connectivity index (χ4v) is 2.06. The molecule has 0 aliphatic rings. The van der Waals surface area contributed by atoms with E-state index >= 15 is 0 Å². The lowest BCUT2D eigenvalue weighted by atomic mass is 10.00. The largest absolute Gasteiger partial charge is 0.271 e. The number of benzene rings is 1. The molecule has 2 aromatic rings. The highest BCUT2D eigenvalue weighted by Crippen LogP contribution is 2.25. The van der Waals surface area contributed by atoms with Crippen LogP contribution in [0.25, 0.3) is 0 Å². The number of halogens is 2. The molecule has 0 saturated carbocycles. The molecule has 0 fully saturated rings. The smallest absolute Gasteiger partial charge is 0.126 e. The van der Waals surface area contributed by atoms with Crippen LogP contribution in [0, 0.1) is 5.82 Å². The van der Waals surface area contributed by atoms with Crippen LogP contribution in [0.5, 0.6) is 0 Å². The van der Waals surface area contributed by atoms with Crippen LogP contribution in [0.3, 0.4) is 0 Å². The zero-order valence-corrected chi connectivity index (χ0v) is 10.4. The summed E-state index contributed by atoms with van der Waals surface area (Å²) in [6.45, 7) is 0. The molecule has 5 heteroatoms. The van der Waals surface area contributed by atoms with Crippen molar-refractivity contribution in [3.8, 4) is 0 Å². The predicted molar refractivity (Wildman–Crippen MR) is 69.4 cm³/mol. The molecule has 3 N–H and O–H groups in total. The topological polar surface area (TPSA) is 50.9 Å². The number of hydrazine groups is 1. The Morgan fingerprint density at radius 3 is 2.78 bits per heavy atom. The standard InChI is InChI=1S/C13H13ClFN3/c14-11-8-17-6-5-10(11)13(18-16)7-9-3-1-2-4-12(9)15/h1-6,8,13,18H,7,16H2. The first-order chi connectivity index (χ1) is 8.72. The van der Waals surface area contributed by atoms with Gasteiger partial charge in [-0.1, -0.05) is 29.8 Å². The minimum atomic E-state index is -0.252. The summed E-state index contributed by atoms with van der Waals surface area (Å²) in [4.78, 5) is 3.91. The van der Waals surface area contributed by atoms with Crippen molar-refractivity contribution in [2.24, 2.45) is 5.84 Å². The predicted octanol–water partition coefficient (Wildman–Crippen LogP) is 2.62. The van der Waals surface area contributed by atoms with Crippen LogP contribution in [0.4, 0.5) is 4.39 Å². The van der Waals surface area contributed by atoms with Gasteiger partial charge in [-0.25, -0.2) is 4.39 Å². The molecule has 1 atom stereocenters. The van der Waals surface area contributed by atoms with E-state index in [1.165, 1.54) is 6.07 Å². The highest BCUT2D eigenvalue weighted by Gasteiger charge is 2.15. The van der Waals surface area contributed by atoms with Crippen molar-refractivity contribution in [1.29, 1.82) is 0 Å². The summed E-state index contributed by atoms with van der Waals surface area (Å²) >= 11 is 6.05. The van der Waals surface area contributed by atoms with Crippen molar-refractivity contribution in [1.82, 2.24) is 10.4 Å². The molecule has 0 radical (unpaired) electrons. The summed E-state index contributed by atoms with van der Waals surface area (Å²) in [5.41, 5.74) is 4.05. The Labute approximate surface area is 110 Å². The van der Waals surface area contributed by atoms with Gasteiger partial charge in [0.2, 0.25) is 0 Å². The number of nitrogens with zero attached hydrogens (tertiary/aromatic N) is 1. The third-order valence-electron chi connectivity index (χ3n) is 2.76. The van der Waals surface area contributed by atoms with Crippen LogP contribution in [0.15, 0.2) is 42.7 Å². The number of hydrogen-bond acceptors (Lipinski definition) is 3. The van der Waals surface area contributed by atoms with Gasteiger partial charge >= 0.3 is 0 Å². The molecule has 0 aliphatic heterocycles. The van der Waals surface area contributed by atoms with E-state index in [4.69, 9.17) is 17.4 Å². The zero-order chi connectivity index (χ0) is 13.0. The summed E-state index contributed by atoms with van der Waals surface area (Å²) in [6, 6.07) is 8.13. The lowest BCUT2D eigenvalue weighted by Crippen LogP contribution is -2.30. The van der Waals surface area contributed by atoms with Gasteiger partial charge in [-0.15, -0.1) is 0 Å². The fourth-order valence-electron chi connectivity index (χ4n) is 1.81. The van der Waals surface area contributed by atoms with E-state index in [9.17, 15) is 4.39 Å². The third-order valence-corrected chi connectivity index (χ3v) is 3.08. The summed E-state index contributed by atoms with van der Waals surface area (Å²) in [6.07, 6.45) is 3.60.